The topological polar surface area (TPSA) is 24.9 Å². The number of nitrogens with one attached hydrogen (secondary N) is 1. The Kier molecular flexibility index (Phi) is 3.73. The lowest BCUT2D eigenvalue weighted by atomic mass is 9.86. The summed E-state index contributed by atoms with van der Waals surface area (Å²) in [6.07, 6.45) is 0. The lowest BCUT2D eigenvalue weighted by molar-refractivity contribution is 0.590. The molecule has 0 aliphatic heterocycles. The second kappa shape index (κ2) is 5.01. The van der Waals surface area contributed by atoms with Gasteiger partial charge in [0.15, 0.2) is 0 Å². The van der Waals surface area contributed by atoms with E-state index in [-0.39, 0.29) is 5.41 Å². The summed E-state index contributed by atoms with van der Waals surface area (Å²) in [6, 6.07) is 6.19. The predicted octanol–water partition coefficient (Wildman–Crippen LogP) is 4.93. The zero-order valence-corrected chi connectivity index (χ0v) is 13.0. The van der Waals surface area contributed by atoms with Crippen LogP contribution in [0.5, 0.6) is 0 Å². The maximum absolute atomic E-state index is 6.28. The van der Waals surface area contributed by atoms with E-state index in [2.05, 4.69) is 46.0 Å². The van der Waals surface area contributed by atoms with Crippen molar-refractivity contribution in [2.45, 2.75) is 40.0 Å². The molecule has 0 amide bonds. The molecule has 3 heteroatoms. The Morgan fingerprint density at radius 3 is 2.53 bits per heavy atom. The van der Waals surface area contributed by atoms with Gasteiger partial charge in [-0.15, -0.1) is 0 Å². The zero-order chi connectivity index (χ0) is 14.2. The molecule has 2 rings (SSSR count). The maximum Gasteiger partial charge on any atom is 0.130 e. The number of halogens is 1. The van der Waals surface area contributed by atoms with Crippen LogP contribution in [0.3, 0.4) is 0 Å². The average molecular weight is 277 g/mol. The number of fused-ring (bicyclic) bond motifs is 1. The fourth-order valence-corrected chi connectivity index (χ4v) is 2.44. The van der Waals surface area contributed by atoms with Crippen molar-refractivity contribution in [2.24, 2.45) is 0 Å². The third-order valence-corrected chi connectivity index (χ3v) is 3.61. The molecule has 1 N–H and O–H groups in total. The molecule has 1 heterocycles. The highest BCUT2D eigenvalue weighted by Gasteiger charge is 2.20. The number of pyridine rings is 1. The Morgan fingerprint density at radius 1 is 1.26 bits per heavy atom. The Morgan fingerprint density at radius 2 is 1.95 bits per heavy atom. The summed E-state index contributed by atoms with van der Waals surface area (Å²) < 4.78 is 0. The molecule has 0 saturated carbocycles. The smallest absolute Gasteiger partial charge is 0.130 e. The number of anilines is 1. The Hall–Kier alpha value is -1.28. The average Bonchev–Trinajstić information content (AvgIpc) is 2.33. The van der Waals surface area contributed by atoms with Crippen molar-refractivity contribution >= 4 is 28.3 Å². The minimum atomic E-state index is 0.0491. The van der Waals surface area contributed by atoms with Gasteiger partial charge in [0.1, 0.15) is 5.82 Å². The van der Waals surface area contributed by atoms with E-state index in [1.807, 2.05) is 12.1 Å². The van der Waals surface area contributed by atoms with Gasteiger partial charge < -0.3 is 5.32 Å². The normalized spacial score (nSPS) is 11.9. The van der Waals surface area contributed by atoms with Crippen molar-refractivity contribution in [3.8, 4) is 0 Å². The minimum absolute atomic E-state index is 0.0491. The van der Waals surface area contributed by atoms with Gasteiger partial charge >= 0.3 is 0 Å². The van der Waals surface area contributed by atoms with Crippen LogP contribution >= 0.6 is 11.6 Å². The van der Waals surface area contributed by atoms with Gasteiger partial charge in [-0.05, 0) is 37.0 Å². The molecule has 0 spiro atoms. The summed E-state index contributed by atoms with van der Waals surface area (Å²) in [6.45, 7) is 11.6. The van der Waals surface area contributed by atoms with Gasteiger partial charge in [0.25, 0.3) is 0 Å². The van der Waals surface area contributed by atoms with Crippen molar-refractivity contribution in [3.63, 3.8) is 0 Å². The molecule has 2 nitrogen and oxygen atoms in total. The van der Waals surface area contributed by atoms with E-state index in [1.165, 1.54) is 11.1 Å². The second-order valence-electron chi connectivity index (χ2n) is 5.93. The SMILES string of the molecule is CCNc1nc2c(Cl)ccc(C)c2cc1C(C)(C)C. The second-order valence-corrected chi connectivity index (χ2v) is 6.33. The maximum atomic E-state index is 6.28. The first kappa shape index (κ1) is 14.1. The van der Waals surface area contributed by atoms with Crippen molar-refractivity contribution in [1.29, 1.82) is 0 Å². The predicted molar refractivity (Wildman–Crippen MR) is 84.4 cm³/mol. The third kappa shape index (κ3) is 2.69. The molecule has 0 saturated heterocycles. The van der Waals surface area contributed by atoms with E-state index in [0.717, 1.165) is 23.3 Å². The van der Waals surface area contributed by atoms with Crippen molar-refractivity contribution in [3.05, 3.63) is 34.3 Å². The molecule has 0 radical (unpaired) electrons. The van der Waals surface area contributed by atoms with Gasteiger partial charge in [-0.1, -0.05) is 38.4 Å². The highest BCUT2D eigenvalue weighted by atomic mass is 35.5. The van der Waals surface area contributed by atoms with Gasteiger partial charge in [0.2, 0.25) is 0 Å². The molecule has 0 aliphatic carbocycles. The summed E-state index contributed by atoms with van der Waals surface area (Å²) in [7, 11) is 0. The van der Waals surface area contributed by atoms with E-state index in [1.54, 1.807) is 0 Å². The fraction of sp³-hybridized carbons (Fsp3) is 0.438. The summed E-state index contributed by atoms with van der Waals surface area (Å²) in [5, 5.41) is 5.20. The number of rotatable bonds is 2. The molecule has 1 aromatic carbocycles. The Balaban J connectivity index is 2.80. The van der Waals surface area contributed by atoms with Crippen molar-refractivity contribution < 1.29 is 0 Å². The molecule has 0 bridgehead atoms. The fourth-order valence-electron chi connectivity index (χ4n) is 2.24. The van der Waals surface area contributed by atoms with E-state index < -0.39 is 0 Å². The monoisotopic (exact) mass is 276 g/mol. The molecule has 0 unspecified atom stereocenters. The van der Waals surface area contributed by atoms with Crippen molar-refractivity contribution in [2.75, 3.05) is 11.9 Å². The van der Waals surface area contributed by atoms with Gasteiger partial charge in [-0.2, -0.15) is 0 Å². The van der Waals surface area contributed by atoms with Crippen LogP contribution in [0.15, 0.2) is 18.2 Å². The van der Waals surface area contributed by atoms with Crippen LogP contribution in [0, 0.1) is 6.92 Å². The van der Waals surface area contributed by atoms with Crippen LogP contribution in [0.1, 0.15) is 38.8 Å². The zero-order valence-electron chi connectivity index (χ0n) is 12.3. The first-order chi connectivity index (χ1) is 8.84. The van der Waals surface area contributed by atoms with Crippen LogP contribution in [0.25, 0.3) is 10.9 Å². The number of hydrogen-bond donors (Lipinski definition) is 1. The van der Waals surface area contributed by atoms with Crippen LogP contribution in [0.4, 0.5) is 5.82 Å². The molecule has 102 valence electrons. The van der Waals surface area contributed by atoms with Crippen LogP contribution in [0.2, 0.25) is 5.02 Å². The summed E-state index contributed by atoms with van der Waals surface area (Å²) in [5.74, 6) is 0.940. The van der Waals surface area contributed by atoms with E-state index in [0.29, 0.717) is 5.02 Å². The van der Waals surface area contributed by atoms with Gasteiger partial charge in [-0.3, -0.25) is 0 Å². The highest BCUT2D eigenvalue weighted by Crippen LogP contribution is 2.34. The molecule has 19 heavy (non-hydrogen) atoms. The lowest BCUT2D eigenvalue weighted by Gasteiger charge is -2.23. The number of hydrogen-bond acceptors (Lipinski definition) is 2. The summed E-state index contributed by atoms with van der Waals surface area (Å²) >= 11 is 6.28. The molecule has 2 aromatic rings. The van der Waals surface area contributed by atoms with Crippen LogP contribution < -0.4 is 5.32 Å². The standard InChI is InChI=1S/C16H21ClN2/c1-6-18-15-12(16(3,4)5)9-11-10(2)7-8-13(17)14(11)19-15/h7-9H,6H2,1-5H3,(H,18,19). The first-order valence-electron chi connectivity index (χ1n) is 6.68. The van der Waals surface area contributed by atoms with Crippen molar-refractivity contribution in [1.82, 2.24) is 4.98 Å². The molecule has 1 aromatic heterocycles. The third-order valence-electron chi connectivity index (χ3n) is 3.31. The summed E-state index contributed by atoms with van der Waals surface area (Å²) in [4.78, 5) is 4.75. The van der Waals surface area contributed by atoms with Crippen LogP contribution in [-0.4, -0.2) is 11.5 Å². The van der Waals surface area contributed by atoms with E-state index in [4.69, 9.17) is 16.6 Å². The van der Waals surface area contributed by atoms with Gasteiger partial charge in [0.05, 0.1) is 10.5 Å². The number of aromatic nitrogens is 1. The first-order valence-corrected chi connectivity index (χ1v) is 7.06. The number of aryl methyl sites for hydroxylation is 1. The molecule has 0 atom stereocenters. The van der Waals surface area contributed by atoms with Crippen LogP contribution in [-0.2, 0) is 5.41 Å². The lowest BCUT2D eigenvalue weighted by Crippen LogP contribution is -2.16. The molecular formula is C16H21ClN2. The van der Waals surface area contributed by atoms with Gasteiger partial charge in [0, 0.05) is 17.5 Å². The molecular weight excluding hydrogens is 256 g/mol. The number of nitrogens with zero attached hydrogens (tertiary/aromatic N) is 1. The number of benzene rings is 1. The summed E-state index contributed by atoms with van der Waals surface area (Å²) in [5.41, 5.74) is 3.37. The largest absolute Gasteiger partial charge is 0.370 e. The van der Waals surface area contributed by atoms with Gasteiger partial charge in [-0.25, -0.2) is 4.98 Å². The van der Waals surface area contributed by atoms with E-state index in [9.17, 15) is 0 Å². The Labute approximate surface area is 120 Å². The Bertz CT molecular complexity index is 612. The van der Waals surface area contributed by atoms with E-state index >= 15 is 0 Å². The molecule has 0 fully saturated rings. The molecule has 0 aliphatic rings. The quantitative estimate of drug-likeness (QED) is 0.842. The highest BCUT2D eigenvalue weighted by molar-refractivity contribution is 6.35. The minimum Gasteiger partial charge on any atom is -0.370 e.